The fourth-order valence-electron chi connectivity index (χ4n) is 1.71. The third-order valence-electron chi connectivity index (χ3n) is 2.76. The normalized spacial score (nSPS) is 10.5. The van der Waals surface area contributed by atoms with Crippen molar-refractivity contribution >= 4 is 35.0 Å². The summed E-state index contributed by atoms with van der Waals surface area (Å²) >= 11 is 5.10. The Morgan fingerprint density at radius 2 is 2.09 bits per heavy atom. The van der Waals surface area contributed by atoms with Crippen LogP contribution in [0.15, 0.2) is 53.2 Å². The van der Waals surface area contributed by atoms with Crippen LogP contribution in [-0.2, 0) is 4.79 Å². The Balaban J connectivity index is 1.80. The molecule has 1 heterocycles. The van der Waals surface area contributed by atoms with Crippen molar-refractivity contribution in [3.8, 4) is 5.75 Å². The SMILES string of the molecule is CCCOc1ccc(NC(=S)NC(=O)C=Cc2ccco2)cc1. The predicted octanol–water partition coefficient (Wildman–Crippen LogP) is 3.59. The highest BCUT2D eigenvalue weighted by atomic mass is 32.1. The molecule has 2 rings (SSSR count). The number of amides is 1. The largest absolute Gasteiger partial charge is 0.494 e. The highest BCUT2D eigenvalue weighted by Crippen LogP contribution is 2.15. The first kappa shape index (κ1) is 16.8. The van der Waals surface area contributed by atoms with Gasteiger partial charge in [0, 0.05) is 11.8 Å². The van der Waals surface area contributed by atoms with Crippen molar-refractivity contribution in [3.63, 3.8) is 0 Å². The van der Waals surface area contributed by atoms with E-state index < -0.39 is 0 Å². The van der Waals surface area contributed by atoms with E-state index in [1.807, 2.05) is 24.3 Å². The fourth-order valence-corrected chi connectivity index (χ4v) is 1.93. The second-order valence-corrected chi connectivity index (χ2v) is 5.07. The monoisotopic (exact) mass is 330 g/mol. The molecule has 6 heteroatoms. The lowest BCUT2D eigenvalue weighted by Crippen LogP contribution is -2.32. The minimum absolute atomic E-state index is 0.223. The van der Waals surface area contributed by atoms with Crippen LogP contribution >= 0.6 is 12.2 Å². The van der Waals surface area contributed by atoms with Crippen LogP contribution in [-0.4, -0.2) is 17.6 Å². The fraction of sp³-hybridized carbons (Fsp3) is 0.176. The molecule has 0 bridgehead atoms. The zero-order chi connectivity index (χ0) is 16.5. The van der Waals surface area contributed by atoms with Crippen LogP contribution in [0, 0.1) is 0 Å². The van der Waals surface area contributed by atoms with Crippen LogP contribution in [0.25, 0.3) is 6.08 Å². The van der Waals surface area contributed by atoms with Crippen molar-refractivity contribution in [1.29, 1.82) is 0 Å². The molecule has 0 fully saturated rings. The minimum Gasteiger partial charge on any atom is -0.494 e. The molecule has 0 unspecified atom stereocenters. The molecule has 1 aromatic heterocycles. The Hall–Kier alpha value is -2.60. The molecule has 0 spiro atoms. The maximum Gasteiger partial charge on any atom is 0.250 e. The Bertz CT molecular complexity index is 664. The summed E-state index contributed by atoms with van der Waals surface area (Å²) in [5.41, 5.74) is 0.772. The van der Waals surface area contributed by atoms with Gasteiger partial charge in [0.15, 0.2) is 5.11 Å². The summed E-state index contributed by atoms with van der Waals surface area (Å²) in [7, 11) is 0. The number of anilines is 1. The number of carbonyl (C=O) groups is 1. The number of rotatable bonds is 6. The summed E-state index contributed by atoms with van der Waals surface area (Å²) in [6, 6.07) is 10.9. The first-order valence-corrected chi connectivity index (χ1v) is 7.64. The third kappa shape index (κ3) is 5.96. The van der Waals surface area contributed by atoms with Crippen LogP contribution in [0.2, 0.25) is 0 Å². The first-order chi connectivity index (χ1) is 11.2. The molecule has 0 saturated heterocycles. The highest BCUT2D eigenvalue weighted by Gasteiger charge is 2.02. The number of furan rings is 1. The highest BCUT2D eigenvalue weighted by molar-refractivity contribution is 7.80. The van der Waals surface area contributed by atoms with Crippen LogP contribution in [0.5, 0.6) is 5.75 Å². The molecule has 1 amide bonds. The second-order valence-electron chi connectivity index (χ2n) is 4.66. The van der Waals surface area contributed by atoms with E-state index >= 15 is 0 Å². The first-order valence-electron chi connectivity index (χ1n) is 7.24. The molecular formula is C17H18N2O3S. The van der Waals surface area contributed by atoms with E-state index in [1.54, 1.807) is 18.2 Å². The molecule has 0 aliphatic rings. The summed E-state index contributed by atoms with van der Waals surface area (Å²) in [5, 5.41) is 5.72. The average molecular weight is 330 g/mol. The molecule has 5 nitrogen and oxygen atoms in total. The summed E-state index contributed by atoms with van der Waals surface area (Å²) in [6.07, 6.45) is 5.42. The van der Waals surface area contributed by atoms with E-state index in [-0.39, 0.29) is 11.0 Å². The molecule has 23 heavy (non-hydrogen) atoms. The number of nitrogens with one attached hydrogen (secondary N) is 2. The summed E-state index contributed by atoms with van der Waals surface area (Å²) in [4.78, 5) is 11.7. The average Bonchev–Trinajstić information content (AvgIpc) is 3.05. The molecular weight excluding hydrogens is 312 g/mol. The number of hydrogen-bond donors (Lipinski definition) is 2. The number of benzene rings is 1. The summed E-state index contributed by atoms with van der Waals surface area (Å²) in [6.45, 7) is 2.74. The van der Waals surface area contributed by atoms with Gasteiger partial charge in [0.2, 0.25) is 5.91 Å². The van der Waals surface area contributed by atoms with Crippen LogP contribution in [0.1, 0.15) is 19.1 Å². The maximum absolute atomic E-state index is 11.7. The predicted molar refractivity (Wildman–Crippen MR) is 94.3 cm³/mol. The van der Waals surface area contributed by atoms with Gasteiger partial charge in [0.25, 0.3) is 0 Å². The lowest BCUT2D eigenvalue weighted by atomic mass is 10.3. The minimum atomic E-state index is -0.332. The molecule has 0 aliphatic carbocycles. The van der Waals surface area contributed by atoms with Gasteiger partial charge in [0.05, 0.1) is 12.9 Å². The Kier molecular flexibility index (Phi) is 6.38. The van der Waals surface area contributed by atoms with E-state index in [4.69, 9.17) is 21.4 Å². The summed E-state index contributed by atoms with van der Waals surface area (Å²) < 4.78 is 10.6. The third-order valence-corrected chi connectivity index (χ3v) is 2.97. The zero-order valence-electron chi connectivity index (χ0n) is 12.7. The number of hydrogen-bond acceptors (Lipinski definition) is 4. The lowest BCUT2D eigenvalue weighted by molar-refractivity contribution is -0.115. The van der Waals surface area contributed by atoms with Crippen molar-refractivity contribution in [2.75, 3.05) is 11.9 Å². The van der Waals surface area contributed by atoms with Gasteiger partial charge in [-0.1, -0.05) is 6.92 Å². The molecule has 0 atom stereocenters. The molecule has 0 radical (unpaired) electrons. The molecule has 1 aromatic carbocycles. The van der Waals surface area contributed by atoms with Crippen LogP contribution in [0.4, 0.5) is 5.69 Å². The molecule has 120 valence electrons. The molecule has 0 aliphatic heterocycles. The lowest BCUT2D eigenvalue weighted by Gasteiger charge is -2.09. The van der Waals surface area contributed by atoms with Gasteiger partial charge in [-0.25, -0.2) is 0 Å². The molecule has 0 saturated carbocycles. The Morgan fingerprint density at radius 3 is 2.74 bits per heavy atom. The van der Waals surface area contributed by atoms with Crippen molar-refractivity contribution in [1.82, 2.24) is 5.32 Å². The second kappa shape index (κ2) is 8.75. The standard InChI is InChI=1S/C17H18N2O3S/c1-2-11-21-15-7-5-13(6-8-15)18-17(23)19-16(20)10-9-14-4-3-12-22-14/h3-10,12H,2,11H2,1H3,(H2,18,19,20,23). The van der Waals surface area contributed by atoms with E-state index in [2.05, 4.69) is 17.6 Å². The van der Waals surface area contributed by atoms with Gasteiger partial charge in [-0.2, -0.15) is 0 Å². The quantitative estimate of drug-likeness (QED) is 0.626. The van der Waals surface area contributed by atoms with Crippen LogP contribution < -0.4 is 15.4 Å². The van der Waals surface area contributed by atoms with Crippen molar-refractivity contribution in [2.24, 2.45) is 0 Å². The Labute approximate surface area is 140 Å². The van der Waals surface area contributed by atoms with Gasteiger partial charge in [-0.3, -0.25) is 10.1 Å². The molecule has 2 N–H and O–H groups in total. The van der Waals surface area contributed by atoms with Crippen molar-refractivity contribution < 1.29 is 13.9 Å². The zero-order valence-corrected chi connectivity index (χ0v) is 13.6. The molecule has 2 aromatic rings. The number of thiocarbonyl (C=S) groups is 1. The van der Waals surface area contributed by atoms with Gasteiger partial charge in [-0.05, 0) is 61.1 Å². The van der Waals surface area contributed by atoms with Crippen LogP contribution in [0.3, 0.4) is 0 Å². The Morgan fingerprint density at radius 1 is 1.30 bits per heavy atom. The van der Waals surface area contributed by atoms with Gasteiger partial charge >= 0.3 is 0 Å². The van der Waals surface area contributed by atoms with Gasteiger partial charge in [0.1, 0.15) is 11.5 Å². The maximum atomic E-state index is 11.7. The number of ether oxygens (including phenoxy) is 1. The van der Waals surface area contributed by atoms with Crippen molar-refractivity contribution in [3.05, 3.63) is 54.5 Å². The van der Waals surface area contributed by atoms with Gasteiger partial charge in [-0.15, -0.1) is 0 Å². The van der Waals surface area contributed by atoms with E-state index in [1.165, 1.54) is 12.3 Å². The van der Waals surface area contributed by atoms with E-state index in [0.717, 1.165) is 17.9 Å². The van der Waals surface area contributed by atoms with Gasteiger partial charge < -0.3 is 14.5 Å². The smallest absolute Gasteiger partial charge is 0.250 e. The van der Waals surface area contributed by atoms with Crippen molar-refractivity contribution in [2.45, 2.75) is 13.3 Å². The summed E-state index contributed by atoms with van der Waals surface area (Å²) in [5.74, 6) is 1.07. The van der Waals surface area contributed by atoms with E-state index in [9.17, 15) is 4.79 Å². The van der Waals surface area contributed by atoms with E-state index in [0.29, 0.717) is 12.4 Å². The topological polar surface area (TPSA) is 63.5 Å². The number of carbonyl (C=O) groups excluding carboxylic acids is 1.